The van der Waals surface area contributed by atoms with Crippen molar-refractivity contribution in [3.63, 3.8) is 0 Å². The molecule has 2 heterocycles. The minimum atomic E-state index is -4.49. The van der Waals surface area contributed by atoms with Crippen molar-refractivity contribution in [1.29, 1.82) is 10.8 Å². The summed E-state index contributed by atoms with van der Waals surface area (Å²) in [6.07, 6.45) is -1.13. The molecule has 0 radical (unpaired) electrons. The first-order valence-corrected chi connectivity index (χ1v) is 9.95. The quantitative estimate of drug-likeness (QED) is 0.306. The number of hydrogen-bond donors (Lipinski definition) is 3. The molecule has 176 valence electrons. The average molecular weight is 462 g/mol. The van der Waals surface area contributed by atoms with E-state index in [0.29, 0.717) is 17.5 Å². The van der Waals surface area contributed by atoms with E-state index in [1.54, 1.807) is 20.0 Å². The molecule has 0 fully saturated rings. The van der Waals surface area contributed by atoms with Gasteiger partial charge in [0.05, 0.1) is 28.7 Å². The normalized spacial score (nSPS) is 11.2. The van der Waals surface area contributed by atoms with Crippen molar-refractivity contribution in [3.05, 3.63) is 63.1 Å². The number of rotatable bonds is 5. The van der Waals surface area contributed by atoms with Crippen molar-refractivity contribution in [2.45, 2.75) is 39.4 Å². The summed E-state index contributed by atoms with van der Waals surface area (Å²) in [5.41, 5.74) is 1.07. The largest absolute Gasteiger partial charge is 0.416 e. The molecule has 0 aliphatic carbocycles. The fourth-order valence-corrected chi connectivity index (χ4v) is 3.10. The lowest BCUT2D eigenvalue weighted by Crippen LogP contribution is -2.26. The van der Waals surface area contributed by atoms with E-state index in [1.165, 1.54) is 4.57 Å². The van der Waals surface area contributed by atoms with Gasteiger partial charge in [-0.15, -0.1) is 0 Å². The molecule has 3 rings (SSSR count). The minimum Gasteiger partial charge on any atom is -0.387 e. The summed E-state index contributed by atoms with van der Waals surface area (Å²) in [4.78, 5) is 22.7. The molecule has 2 aromatic heterocycles. The van der Waals surface area contributed by atoms with Crippen molar-refractivity contribution in [1.82, 2.24) is 14.3 Å². The summed E-state index contributed by atoms with van der Waals surface area (Å²) < 4.78 is 40.8. The zero-order valence-electron chi connectivity index (χ0n) is 18.6. The Morgan fingerprint density at radius 1 is 1.21 bits per heavy atom. The van der Waals surface area contributed by atoms with E-state index in [2.05, 4.69) is 10.4 Å². The van der Waals surface area contributed by atoms with E-state index in [1.807, 2.05) is 20.0 Å². The lowest BCUT2D eigenvalue weighted by Gasteiger charge is -2.14. The Balaban J connectivity index is 0.000000273. The van der Waals surface area contributed by atoms with Gasteiger partial charge < -0.3 is 10.1 Å². The van der Waals surface area contributed by atoms with Crippen LogP contribution in [0.15, 0.2) is 35.3 Å². The monoisotopic (exact) mass is 462 g/mol. The highest BCUT2D eigenvalue weighted by molar-refractivity contribution is 5.85. The van der Waals surface area contributed by atoms with Gasteiger partial charge in [-0.3, -0.25) is 20.2 Å². The summed E-state index contributed by atoms with van der Waals surface area (Å²) >= 11 is 0. The number of nitrogens with one attached hydrogen (secondary N) is 3. The van der Waals surface area contributed by atoms with Crippen molar-refractivity contribution >= 4 is 29.1 Å². The maximum Gasteiger partial charge on any atom is 0.416 e. The van der Waals surface area contributed by atoms with Crippen LogP contribution in [0.1, 0.15) is 36.6 Å². The number of carbonyl (C=O) groups excluding carboxylic acids is 1. The molecule has 0 amide bonds. The highest BCUT2D eigenvalue weighted by atomic mass is 19.4. The van der Waals surface area contributed by atoms with E-state index in [4.69, 9.17) is 10.8 Å². The van der Waals surface area contributed by atoms with Gasteiger partial charge in [0.1, 0.15) is 18.3 Å². The molecule has 0 unspecified atom stereocenters. The standard InChI is InChI=1S/C14H13F3N2O2.C8H12N4/c1-8(2)12-11-7-9(14(15,16)17)3-4-10(11)13(21)19(18-12)5-6-20;1-6-3-7(11-2)4-12(5-9)8(6)10/h3-4,6-8H,5H2,1-2H3;3-5,9-11H,1-2H3. The Labute approximate surface area is 187 Å². The van der Waals surface area contributed by atoms with Crippen LogP contribution in [-0.4, -0.2) is 34.0 Å². The van der Waals surface area contributed by atoms with Crippen LogP contribution in [0, 0.1) is 17.7 Å². The van der Waals surface area contributed by atoms with Crippen LogP contribution in [-0.2, 0) is 17.5 Å². The van der Waals surface area contributed by atoms with E-state index in [-0.39, 0.29) is 23.2 Å². The van der Waals surface area contributed by atoms with Gasteiger partial charge >= 0.3 is 6.18 Å². The number of aryl methyl sites for hydroxylation is 1. The molecule has 33 heavy (non-hydrogen) atoms. The number of alkyl halides is 3. The highest BCUT2D eigenvalue weighted by Crippen LogP contribution is 2.32. The summed E-state index contributed by atoms with van der Waals surface area (Å²) in [5, 5.41) is 21.9. The molecular formula is C22H25F3N6O2. The Bertz CT molecular complexity index is 1290. The third-order valence-corrected chi connectivity index (χ3v) is 4.82. The molecule has 0 saturated heterocycles. The number of nitrogens with zero attached hydrogens (tertiary/aromatic N) is 3. The maximum absolute atomic E-state index is 12.8. The zero-order valence-corrected chi connectivity index (χ0v) is 18.6. The predicted molar refractivity (Wildman–Crippen MR) is 120 cm³/mol. The Morgan fingerprint density at radius 3 is 2.39 bits per heavy atom. The van der Waals surface area contributed by atoms with Crippen LogP contribution in [0.25, 0.3) is 10.8 Å². The van der Waals surface area contributed by atoms with Crippen LogP contribution < -0.4 is 16.4 Å². The van der Waals surface area contributed by atoms with E-state index in [9.17, 15) is 22.8 Å². The zero-order chi connectivity index (χ0) is 24.9. The molecular weight excluding hydrogens is 437 g/mol. The summed E-state index contributed by atoms with van der Waals surface area (Å²) in [7, 11) is 1.81. The second kappa shape index (κ2) is 10.2. The number of hydrogen-bond acceptors (Lipinski definition) is 6. The van der Waals surface area contributed by atoms with E-state index in [0.717, 1.165) is 40.5 Å². The van der Waals surface area contributed by atoms with Gasteiger partial charge in [-0.25, -0.2) is 4.68 Å². The fourth-order valence-electron chi connectivity index (χ4n) is 3.10. The molecule has 11 heteroatoms. The van der Waals surface area contributed by atoms with Crippen LogP contribution in [0.5, 0.6) is 0 Å². The molecule has 0 aliphatic heterocycles. The highest BCUT2D eigenvalue weighted by Gasteiger charge is 2.31. The number of benzene rings is 1. The number of carbonyl (C=O) groups is 1. The third kappa shape index (κ3) is 5.73. The lowest BCUT2D eigenvalue weighted by atomic mass is 10.0. The molecule has 3 N–H and O–H groups in total. The SMILES string of the molecule is CC(C)c1nn(CC=O)c(=O)c2ccc(C(F)(F)F)cc12.CNc1cc(C)c(=N)n(C=N)c1. The van der Waals surface area contributed by atoms with Gasteiger partial charge in [0.25, 0.3) is 5.56 Å². The second-order valence-electron chi connectivity index (χ2n) is 7.50. The van der Waals surface area contributed by atoms with Crippen LogP contribution in [0.4, 0.5) is 18.9 Å². The smallest absolute Gasteiger partial charge is 0.387 e. The van der Waals surface area contributed by atoms with Crippen molar-refractivity contribution in [2.24, 2.45) is 0 Å². The molecule has 0 spiro atoms. The lowest BCUT2D eigenvalue weighted by molar-refractivity contribution is -0.137. The second-order valence-corrected chi connectivity index (χ2v) is 7.50. The minimum absolute atomic E-state index is 0.128. The number of aldehydes is 1. The molecule has 1 aromatic carbocycles. The Hall–Kier alpha value is -3.76. The maximum atomic E-state index is 12.8. The van der Waals surface area contributed by atoms with Crippen LogP contribution in [0.3, 0.4) is 0 Å². The first kappa shape index (κ1) is 25.5. The number of anilines is 1. The number of aromatic nitrogens is 3. The van der Waals surface area contributed by atoms with Gasteiger partial charge in [-0.05, 0) is 42.7 Å². The number of pyridine rings is 1. The van der Waals surface area contributed by atoms with E-state index >= 15 is 0 Å². The average Bonchev–Trinajstić information content (AvgIpc) is 2.76. The Kier molecular flexibility index (Phi) is 7.91. The van der Waals surface area contributed by atoms with Gasteiger partial charge in [-0.1, -0.05) is 13.8 Å². The molecule has 0 aliphatic rings. The molecule has 3 aromatic rings. The molecule has 0 saturated carbocycles. The van der Waals surface area contributed by atoms with Gasteiger partial charge in [-0.2, -0.15) is 18.3 Å². The van der Waals surface area contributed by atoms with Crippen LogP contribution >= 0.6 is 0 Å². The van der Waals surface area contributed by atoms with Crippen LogP contribution in [0.2, 0.25) is 0 Å². The van der Waals surface area contributed by atoms with Crippen molar-refractivity contribution in [3.8, 4) is 0 Å². The van der Waals surface area contributed by atoms with Gasteiger partial charge in [0.2, 0.25) is 0 Å². The van der Waals surface area contributed by atoms with Gasteiger partial charge in [0.15, 0.2) is 0 Å². The molecule has 0 bridgehead atoms. The van der Waals surface area contributed by atoms with E-state index < -0.39 is 17.3 Å². The van der Waals surface area contributed by atoms with Crippen molar-refractivity contribution in [2.75, 3.05) is 12.4 Å². The summed E-state index contributed by atoms with van der Waals surface area (Å²) in [6, 6.07) is 4.81. The predicted octanol–water partition coefficient (Wildman–Crippen LogP) is 3.51. The first-order chi connectivity index (χ1) is 15.4. The third-order valence-electron chi connectivity index (χ3n) is 4.82. The number of fused-ring (bicyclic) bond motifs is 1. The Morgan fingerprint density at radius 2 is 1.88 bits per heavy atom. The number of halogens is 3. The molecule has 8 nitrogen and oxygen atoms in total. The van der Waals surface area contributed by atoms with Crippen molar-refractivity contribution < 1.29 is 18.0 Å². The van der Waals surface area contributed by atoms with Gasteiger partial charge in [0, 0.05) is 18.6 Å². The fraction of sp³-hybridized carbons (Fsp3) is 0.318. The topological polar surface area (TPSA) is 117 Å². The first-order valence-electron chi connectivity index (χ1n) is 9.95. The molecule has 0 atom stereocenters. The summed E-state index contributed by atoms with van der Waals surface area (Å²) in [5.74, 6) is -0.186. The summed E-state index contributed by atoms with van der Waals surface area (Å²) in [6.45, 7) is 5.15.